The van der Waals surface area contributed by atoms with Crippen LogP contribution in [0.25, 0.3) is 5.65 Å². The number of hydrogen-bond donors (Lipinski definition) is 1. The van der Waals surface area contributed by atoms with E-state index < -0.39 is 0 Å². The van der Waals surface area contributed by atoms with Gasteiger partial charge < -0.3 is 4.74 Å². The Balaban J connectivity index is 2.69. The molecule has 0 radical (unpaired) electrons. The molecule has 0 bridgehead atoms. The van der Waals surface area contributed by atoms with Gasteiger partial charge in [-0.2, -0.15) is 4.98 Å². The van der Waals surface area contributed by atoms with Gasteiger partial charge in [-0.1, -0.05) is 0 Å². The Morgan fingerprint density at radius 1 is 1.64 bits per heavy atom. The summed E-state index contributed by atoms with van der Waals surface area (Å²) in [4.78, 5) is 15.7. The second-order valence-electron chi connectivity index (χ2n) is 2.98. The Kier molecular flexibility index (Phi) is 1.99. The van der Waals surface area contributed by atoms with Crippen LogP contribution in [0.15, 0.2) is 17.1 Å². The molecule has 0 amide bonds. The molecule has 0 atom stereocenters. The lowest BCUT2D eigenvalue weighted by atomic mass is 10.4. The lowest BCUT2D eigenvalue weighted by Gasteiger charge is -2.01. The molecular weight excluding hydrogens is 182 g/mol. The number of nitrogens with zero attached hydrogens (tertiary/aromatic N) is 2. The molecule has 5 heteroatoms. The number of ether oxygens (including phenoxy) is 1. The minimum atomic E-state index is -0.161. The van der Waals surface area contributed by atoms with Crippen LogP contribution in [0.2, 0.25) is 0 Å². The highest BCUT2D eigenvalue weighted by Crippen LogP contribution is 2.08. The van der Waals surface area contributed by atoms with Gasteiger partial charge in [0, 0.05) is 11.8 Å². The first-order valence-electron chi connectivity index (χ1n) is 4.43. The van der Waals surface area contributed by atoms with Crippen molar-refractivity contribution in [3.05, 3.63) is 28.2 Å². The lowest BCUT2D eigenvalue weighted by Crippen LogP contribution is -2.14. The quantitative estimate of drug-likeness (QED) is 0.764. The monoisotopic (exact) mass is 193 g/mol. The highest BCUT2D eigenvalue weighted by molar-refractivity contribution is 5.46. The highest BCUT2D eigenvalue weighted by atomic mass is 16.5. The van der Waals surface area contributed by atoms with Gasteiger partial charge >= 0.3 is 0 Å². The molecule has 5 nitrogen and oxygen atoms in total. The minimum absolute atomic E-state index is 0.161. The molecule has 0 aliphatic carbocycles. The van der Waals surface area contributed by atoms with E-state index in [4.69, 9.17) is 4.74 Å². The smallest absolute Gasteiger partial charge is 0.276 e. The molecule has 0 unspecified atom stereocenters. The Hall–Kier alpha value is -1.78. The zero-order valence-corrected chi connectivity index (χ0v) is 8.07. The summed E-state index contributed by atoms with van der Waals surface area (Å²) in [5, 5.41) is 2.81. The van der Waals surface area contributed by atoms with Crippen molar-refractivity contribution in [3.8, 4) is 5.88 Å². The first-order chi connectivity index (χ1) is 6.72. The maximum absolute atomic E-state index is 11.5. The second kappa shape index (κ2) is 3.17. The van der Waals surface area contributed by atoms with Crippen molar-refractivity contribution in [2.45, 2.75) is 13.8 Å². The van der Waals surface area contributed by atoms with E-state index in [0.717, 1.165) is 5.56 Å². The summed E-state index contributed by atoms with van der Waals surface area (Å²) in [5.74, 6) is 0.375. The van der Waals surface area contributed by atoms with Gasteiger partial charge in [0.1, 0.15) is 0 Å². The van der Waals surface area contributed by atoms with Crippen LogP contribution in [-0.2, 0) is 0 Å². The molecule has 2 aromatic heterocycles. The normalized spacial score (nSPS) is 10.7. The van der Waals surface area contributed by atoms with Gasteiger partial charge in [-0.25, -0.2) is 4.52 Å². The Morgan fingerprint density at radius 3 is 3.14 bits per heavy atom. The third kappa shape index (κ3) is 1.26. The van der Waals surface area contributed by atoms with Gasteiger partial charge in [0.05, 0.1) is 12.7 Å². The molecule has 0 fully saturated rings. The summed E-state index contributed by atoms with van der Waals surface area (Å²) in [5.41, 5.74) is 1.37. The number of aromatic amines is 1. The fourth-order valence-corrected chi connectivity index (χ4v) is 1.30. The molecule has 0 aliphatic rings. The number of fused-ring (bicyclic) bond motifs is 1. The maximum atomic E-state index is 11.5. The Bertz CT molecular complexity index is 512. The van der Waals surface area contributed by atoms with Crippen molar-refractivity contribution in [2.24, 2.45) is 0 Å². The van der Waals surface area contributed by atoms with Crippen LogP contribution in [0.1, 0.15) is 12.5 Å². The van der Waals surface area contributed by atoms with E-state index in [-0.39, 0.29) is 5.56 Å². The lowest BCUT2D eigenvalue weighted by molar-refractivity contribution is 0.326. The fourth-order valence-electron chi connectivity index (χ4n) is 1.30. The van der Waals surface area contributed by atoms with Crippen molar-refractivity contribution in [3.63, 3.8) is 0 Å². The predicted molar refractivity (Wildman–Crippen MR) is 51.7 cm³/mol. The van der Waals surface area contributed by atoms with Crippen LogP contribution in [0, 0.1) is 6.92 Å². The molecule has 14 heavy (non-hydrogen) atoms. The second-order valence-corrected chi connectivity index (χ2v) is 2.98. The fraction of sp³-hybridized carbons (Fsp3) is 0.333. The van der Waals surface area contributed by atoms with Crippen LogP contribution in [0.4, 0.5) is 0 Å². The largest absolute Gasteiger partial charge is 0.478 e. The molecule has 2 aromatic rings. The van der Waals surface area contributed by atoms with E-state index in [1.165, 1.54) is 10.6 Å². The molecule has 0 aromatic carbocycles. The van der Waals surface area contributed by atoms with Gasteiger partial charge in [0.25, 0.3) is 5.56 Å². The van der Waals surface area contributed by atoms with Crippen molar-refractivity contribution < 1.29 is 4.74 Å². The van der Waals surface area contributed by atoms with Crippen molar-refractivity contribution in [1.82, 2.24) is 14.6 Å². The third-order valence-corrected chi connectivity index (χ3v) is 1.95. The van der Waals surface area contributed by atoms with Crippen LogP contribution in [-0.4, -0.2) is 21.2 Å². The molecule has 2 rings (SSSR count). The van der Waals surface area contributed by atoms with Crippen LogP contribution >= 0.6 is 0 Å². The van der Waals surface area contributed by atoms with Gasteiger partial charge in [-0.3, -0.25) is 9.89 Å². The molecule has 2 heterocycles. The average Bonchev–Trinajstić information content (AvgIpc) is 2.49. The van der Waals surface area contributed by atoms with E-state index in [2.05, 4.69) is 10.1 Å². The molecular formula is C9H11N3O2. The van der Waals surface area contributed by atoms with Crippen LogP contribution in [0.5, 0.6) is 5.88 Å². The number of aryl methyl sites for hydroxylation is 1. The van der Waals surface area contributed by atoms with Crippen LogP contribution < -0.4 is 10.3 Å². The van der Waals surface area contributed by atoms with Gasteiger partial charge in [0.15, 0.2) is 5.65 Å². The molecule has 74 valence electrons. The predicted octanol–water partition coefficient (Wildman–Crippen LogP) is 0.730. The van der Waals surface area contributed by atoms with Gasteiger partial charge in [-0.05, 0) is 13.8 Å². The third-order valence-electron chi connectivity index (χ3n) is 1.95. The zero-order valence-electron chi connectivity index (χ0n) is 8.07. The Labute approximate surface area is 80.3 Å². The molecule has 0 aliphatic heterocycles. The van der Waals surface area contributed by atoms with Gasteiger partial charge in [0.2, 0.25) is 5.88 Å². The van der Waals surface area contributed by atoms with E-state index in [1.54, 1.807) is 6.20 Å². The van der Waals surface area contributed by atoms with E-state index >= 15 is 0 Å². The summed E-state index contributed by atoms with van der Waals surface area (Å²) < 4.78 is 6.57. The molecule has 1 N–H and O–H groups in total. The summed E-state index contributed by atoms with van der Waals surface area (Å²) in [6.45, 7) is 4.24. The molecule has 0 saturated carbocycles. The summed E-state index contributed by atoms with van der Waals surface area (Å²) in [6.07, 6.45) is 1.74. The number of H-pyrrole nitrogens is 1. The summed E-state index contributed by atoms with van der Waals surface area (Å²) in [7, 11) is 0. The summed E-state index contributed by atoms with van der Waals surface area (Å²) in [6, 6.07) is 1.37. The van der Waals surface area contributed by atoms with E-state index in [9.17, 15) is 4.79 Å². The summed E-state index contributed by atoms with van der Waals surface area (Å²) >= 11 is 0. The van der Waals surface area contributed by atoms with Crippen molar-refractivity contribution in [1.29, 1.82) is 0 Å². The van der Waals surface area contributed by atoms with Crippen LogP contribution in [0.3, 0.4) is 0 Å². The van der Waals surface area contributed by atoms with Crippen molar-refractivity contribution in [2.75, 3.05) is 6.61 Å². The van der Waals surface area contributed by atoms with E-state index in [0.29, 0.717) is 18.1 Å². The standard InChI is InChI=1S/C9H11N3O2/c1-3-14-7-4-8(13)12-9(11-7)6(2)5-10-12/h4-5,10H,3H2,1-2H3. The first kappa shape index (κ1) is 8.80. The van der Waals surface area contributed by atoms with Gasteiger partial charge in [-0.15, -0.1) is 0 Å². The first-order valence-corrected chi connectivity index (χ1v) is 4.43. The SMILES string of the molecule is CCOc1cc(=O)n2[nH]cc(C)c2n1. The Morgan fingerprint density at radius 2 is 2.43 bits per heavy atom. The number of hydrogen-bond acceptors (Lipinski definition) is 3. The number of aromatic nitrogens is 3. The van der Waals surface area contributed by atoms with Crippen molar-refractivity contribution >= 4 is 5.65 Å². The molecule has 0 spiro atoms. The highest BCUT2D eigenvalue weighted by Gasteiger charge is 2.05. The average molecular weight is 193 g/mol. The maximum Gasteiger partial charge on any atom is 0.276 e. The molecule has 0 saturated heterocycles. The zero-order chi connectivity index (χ0) is 10.1. The minimum Gasteiger partial charge on any atom is -0.478 e. The number of rotatable bonds is 2. The van der Waals surface area contributed by atoms with E-state index in [1.807, 2.05) is 13.8 Å². The topological polar surface area (TPSA) is 59.4 Å². The number of nitrogens with one attached hydrogen (secondary N) is 1.